The number of nitrogens with one attached hydrogen (secondary N) is 1. The number of pyridine rings is 1. The van der Waals surface area contributed by atoms with Gasteiger partial charge in [-0.25, -0.2) is 14.4 Å². The Morgan fingerprint density at radius 3 is 2.94 bits per heavy atom. The molecule has 0 spiro atoms. The number of aryl methyl sites for hydroxylation is 1. The zero-order valence-electron chi connectivity index (χ0n) is 18.1. The molecule has 168 valence electrons. The van der Waals surface area contributed by atoms with Gasteiger partial charge in [0.05, 0.1) is 26.3 Å². The number of thiazole rings is 1. The van der Waals surface area contributed by atoms with Crippen LogP contribution >= 0.6 is 23.1 Å². The van der Waals surface area contributed by atoms with Gasteiger partial charge in [-0.3, -0.25) is 9.69 Å². The number of hydrogen-bond acceptors (Lipinski definition) is 6. The molecule has 0 aliphatic carbocycles. The lowest BCUT2D eigenvalue weighted by atomic mass is 10.1. The van der Waals surface area contributed by atoms with Crippen molar-refractivity contribution < 1.29 is 9.18 Å². The van der Waals surface area contributed by atoms with Crippen molar-refractivity contribution in [3.63, 3.8) is 0 Å². The number of likely N-dealkylation sites (tertiary alicyclic amines) is 1. The zero-order valence-corrected chi connectivity index (χ0v) is 19.7. The van der Waals surface area contributed by atoms with E-state index in [1.165, 1.54) is 12.1 Å². The van der Waals surface area contributed by atoms with Gasteiger partial charge in [0.25, 0.3) is 0 Å². The van der Waals surface area contributed by atoms with Gasteiger partial charge in [-0.05, 0) is 61.4 Å². The third-order valence-corrected chi connectivity index (χ3v) is 7.74. The van der Waals surface area contributed by atoms with Crippen LogP contribution in [0.5, 0.6) is 0 Å². The summed E-state index contributed by atoms with van der Waals surface area (Å²) >= 11 is 3.32. The molecule has 1 N–H and O–H groups in total. The summed E-state index contributed by atoms with van der Waals surface area (Å²) in [5.74, 6) is -0.319. The van der Waals surface area contributed by atoms with Gasteiger partial charge in [-0.1, -0.05) is 18.2 Å². The Labute approximate surface area is 200 Å². The number of fused-ring (bicyclic) bond motifs is 1. The molecule has 5 nitrogen and oxygen atoms in total. The summed E-state index contributed by atoms with van der Waals surface area (Å²) in [6, 6.07) is 17.9. The van der Waals surface area contributed by atoms with E-state index in [0.717, 1.165) is 38.0 Å². The number of amides is 1. The van der Waals surface area contributed by atoms with E-state index >= 15 is 0 Å². The molecule has 0 unspecified atom stereocenters. The third-order valence-electron chi connectivity index (χ3n) is 5.63. The Morgan fingerprint density at radius 2 is 2.12 bits per heavy atom. The van der Waals surface area contributed by atoms with E-state index in [4.69, 9.17) is 0 Å². The first-order valence-electron chi connectivity index (χ1n) is 10.8. The Kier molecular flexibility index (Phi) is 6.39. The summed E-state index contributed by atoms with van der Waals surface area (Å²) in [7, 11) is 0. The minimum Gasteiger partial charge on any atom is -0.325 e. The summed E-state index contributed by atoms with van der Waals surface area (Å²) in [6.45, 7) is 3.21. The Hall–Kier alpha value is -2.81. The highest BCUT2D eigenvalue weighted by atomic mass is 32.2. The zero-order chi connectivity index (χ0) is 22.8. The average molecular weight is 479 g/mol. The normalized spacial score (nSPS) is 18.6. The molecule has 1 fully saturated rings. The number of carbonyl (C=O) groups excluding carboxylic acids is 1. The maximum Gasteiger partial charge on any atom is 0.241 e. The fourth-order valence-corrected chi connectivity index (χ4v) is 6.17. The van der Waals surface area contributed by atoms with E-state index in [0.29, 0.717) is 13.0 Å². The third kappa shape index (κ3) is 5.24. The van der Waals surface area contributed by atoms with Gasteiger partial charge < -0.3 is 5.32 Å². The molecule has 33 heavy (non-hydrogen) atoms. The van der Waals surface area contributed by atoms with Crippen molar-refractivity contribution in [3.8, 4) is 0 Å². The average Bonchev–Trinajstić information content (AvgIpc) is 3.36. The highest BCUT2D eigenvalue weighted by molar-refractivity contribution is 7.99. The number of aromatic nitrogens is 2. The summed E-state index contributed by atoms with van der Waals surface area (Å²) in [6.07, 6.45) is 2.47. The number of anilines is 1. The van der Waals surface area contributed by atoms with Crippen molar-refractivity contribution in [3.05, 3.63) is 83.2 Å². The Morgan fingerprint density at radius 1 is 1.21 bits per heavy atom. The highest BCUT2D eigenvalue weighted by Crippen LogP contribution is 2.33. The first-order chi connectivity index (χ1) is 16.0. The van der Waals surface area contributed by atoms with Crippen LogP contribution in [0.4, 0.5) is 10.1 Å². The van der Waals surface area contributed by atoms with E-state index in [9.17, 15) is 9.18 Å². The number of benzene rings is 2. The van der Waals surface area contributed by atoms with Gasteiger partial charge in [-0.2, -0.15) is 0 Å². The second kappa shape index (κ2) is 9.59. The van der Waals surface area contributed by atoms with Crippen LogP contribution < -0.4 is 5.32 Å². The molecular weight excluding hydrogens is 455 g/mol. The quantitative estimate of drug-likeness (QED) is 0.396. The number of rotatable bonds is 6. The number of hydrogen-bond donors (Lipinski definition) is 1. The van der Waals surface area contributed by atoms with Gasteiger partial charge in [0.2, 0.25) is 5.91 Å². The molecule has 8 heteroatoms. The van der Waals surface area contributed by atoms with Gasteiger partial charge in [0.1, 0.15) is 5.82 Å². The molecule has 3 heterocycles. The van der Waals surface area contributed by atoms with Crippen LogP contribution in [0.15, 0.2) is 71.9 Å². The van der Waals surface area contributed by atoms with Crippen molar-refractivity contribution in [1.29, 1.82) is 0 Å². The summed E-state index contributed by atoms with van der Waals surface area (Å²) in [5.41, 5.74) is 2.49. The van der Waals surface area contributed by atoms with Crippen molar-refractivity contribution in [2.75, 3.05) is 11.9 Å². The highest BCUT2D eigenvalue weighted by Gasteiger charge is 2.37. The molecule has 1 saturated heterocycles. The van der Waals surface area contributed by atoms with Crippen molar-refractivity contribution in [1.82, 2.24) is 14.9 Å². The molecule has 1 aliphatic heterocycles. The molecule has 1 amide bonds. The second-order valence-corrected chi connectivity index (χ2v) is 10.7. The SMILES string of the molecule is Cc1nc2cc(NC(=O)[C@@H]3C[C@H](Sc4ccccn4)CN3Cc3cccc(F)c3)ccc2s1. The van der Waals surface area contributed by atoms with Crippen LogP contribution in [0.2, 0.25) is 0 Å². The molecule has 0 bridgehead atoms. The molecule has 1 aliphatic rings. The van der Waals surface area contributed by atoms with Gasteiger partial charge in [0.15, 0.2) is 0 Å². The van der Waals surface area contributed by atoms with E-state index < -0.39 is 0 Å². The minimum atomic E-state index is -0.317. The van der Waals surface area contributed by atoms with Crippen molar-refractivity contribution in [2.24, 2.45) is 0 Å². The number of halogens is 1. The first kappa shape index (κ1) is 22.0. The predicted molar refractivity (Wildman–Crippen MR) is 132 cm³/mol. The molecule has 0 saturated carbocycles. The van der Waals surface area contributed by atoms with Crippen molar-refractivity contribution in [2.45, 2.75) is 36.2 Å². The summed E-state index contributed by atoms with van der Waals surface area (Å²) in [5, 5.41) is 5.24. The maximum absolute atomic E-state index is 13.8. The molecule has 2 aromatic heterocycles. The van der Waals surface area contributed by atoms with Crippen LogP contribution in [0, 0.1) is 12.7 Å². The Balaban J connectivity index is 1.35. The van der Waals surface area contributed by atoms with Crippen LogP contribution in [-0.4, -0.2) is 38.6 Å². The lowest BCUT2D eigenvalue weighted by Gasteiger charge is -2.23. The lowest BCUT2D eigenvalue weighted by molar-refractivity contribution is -0.120. The van der Waals surface area contributed by atoms with E-state index in [2.05, 4.69) is 20.2 Å². The van der Waals surface area contributed by atoms with Crippen molar-refractivity contribution >= 4 is 44.9 Å². The standard InChI is InChI=1S/C25H23FN4OS2/c1-16-28-21-12-19(8-9-23(21)32-16)29-25(31)22-13-20(33-24-7-2-3-10-27-24)15-30(22)14-17-5-4-6-18(26)11-17/h2-12,20,22H,13-15H2,1H3,(H,29,31)/t20-,22-/m0/s1. The van der Waals surface area contributed by atoms with E-state index in [-0.39, 0.29) is 23.0 Å². The lowest BCUT2D eigenvalue weighted by Crippen LogP contribution is -2.39. The topological polar surface area (TPSA) is 58.1 Å². The second-order valence-electron chi connectivity index (χ2n) is 8.12. The molecule has 0 radical (unpaired) electrons. The largest absolute Gasteiger partial charge is 0.325 e. The molecule has 2 aromatic carbocycles. The fraction of sp³-hybridized carbons (Fsp3) is 0.240. The molecular formula is C25H23FN4OS2. The van der Waals surface area contributed by atoms with Crippen LogP contribution in [0.25, 0.3) is 10.2 Å². The van der Waals surface area contributed by atoms with Crippen LogP contribution in [0.1, 0.15) is 17.0 Å². The number of thioether (sulfide) groups is 1. The molecule has 4 aromatic rings. The number of nitrogens with zero attached hydrogens (tertiary/aromatic N) is 3. The smallest absolute Gasteiger partial charge is 0.241 e. The van der Waals surface area contributed by atoms with Gasteiger partial charge >= 0.3 is 0 Å². The molecule has 2 atom stereocenters. The fourth-order valence-electron chi connectivity index (χ4n) is 4.20. The summed E-state index contributed by atoms with van der Waals surface area (Å²) < 4.78 is 14.9. The maximum atomic E-state index is 13.8. The Bertz CT molecular complexity index is 1280. The first-order valence-corrected chi connectivity index (χ1v) is 12.5. The van der Waals surface area contributed by atoms with E-state index in [1.54, 1.807) is 35.4 Å². The monoisotopic (exact) mass is 478 g/mol. The van der Waals surface area contributed by atoms with Crippen LogP contribution in [0.3, 0.4) is 0 Å². The van der Waals surface area contributed by atoms with Gasteiger partial charge in [0, 0.05) is 30.2 Å². The number of carbonyl (C=O) groups is 1. The van der Waals surface area contributed by atoms with Gasteiger partial charge in [-0.15, -0.1) is 23.1 Å². The predicted octanol–water partition coefficient (Wildman–Crippen LogP) is 5.51. The van der Waals surface area contributed by atoms with Crippen LogP contribution in [-0.2, 0) is 11.3 Å². The minimum absolute atomic E-state index is 0.0539. The van der Waals surface area contributed by atoms with E-state index in [1.807, 2.05) is 49.4 Å². The summed E-state index contributed by atoms with van der Waals surface area (Å²) in [4.78, 5) is 24.4. The molecule has 5 rings (SSSR count).